The quantitative estimate of drug-likeness (QED) is 0.364. The molecule has 1 amide bonds. The Labute approximate surface area is 222 Å². The predicted octanol–water partition coefficient (Wildman–Crippen LogP) is 3.39. The van der Waals surface area contributed by atoms with Crippen molar-refractivity contribution >= 4 is 12.0 Å². The molecule has 38 heavy (non-hydrogen) atoms. The number of carbonyl (C=O) groups excluding carboxylic acids is 1. The molecule has 1 unspecified atom stereocenters. The van der Waals surface area contributed by atoms with Crippen LogP contribution in [0.4, 0.5) is 0 Å². The van der Waals surface area contributed by atoms with E-state index in [9.17, 15) is 4.79 Å². The van der Waals surface area contributed by atoms with Crippen LogP contribution in [0.25, 0.3) is 6.08 Å². The van der Waals surface area contributed by atoms with Crippen LogP contribution in [0.3, 0.4) is 0 Å². The van der Waals surface area contributed by atoms with Gasteiger partial charge in [-0.15, -0.1) is 10.1 Å². The standard InChI is InChI=1S/C27H34N2O5.HNO3/c1-28(17-21-11-20-14-25(33-4)26(34-5)16-22(20)21)8-6-9-29-10-7-18-12-23(31-2)24(32-3)13-19(18)15-27(29)30;2-1(3)4/h7,10,12-14,16,21H,6,8-9,11,15,17H2,1-5H3;(H,2,3,4). The molecular weight excluding hydrogens is 494 g/mol. The lowest BCUT2D eigenvalue weighted by Crippen LogP contribution is -2.34. The minimum absolute atomic E-state index is 0.0961. The van der Waals surface area contributed by atoms with Gasteiger partial charge in [0.05, 0.1) is 34.9 Å². The fourth-order valence-corrected chi connectivity index (χ4v) is 4.84. The van der Waals surface area contributed by atoms with Gasteiger partial charge < -0.3 is 34.0 Å². The van der Waals surface area contributed by atoms with Crippen molar-refractivity contribution in [3.05, 3.63) is 62.8 Å². The van der Waals surface area contributed by atoms with Gasteiger partial charge in [-0.1, -0.05) is 0 Å². The number of ether oxygens (including phenoxy) is 4. The van der Waals surface area contributed by atoms with Crippen molar-refractivity contribution in [2.45, 2.75) is 25.2 Å². The molecule has 206 valence electrons. The number of fused-ring (bicyclic) bond motifs is 2. The molecule has 4 rings (SSSR count). The van der Waals surface area contributed by atoms with Crippen molar-refractivity contribution in [2.24, 2.45) is 0 Å². The predicted molar refractivity (Wildman–Crippen MR) is 141 cm³/mol. The largest absolute Gasteiger partial charge is 0.493 e. The topological polar surface area (TPSA) is 124 Å². The van der Waals surface area contributed by atoms with E-state index in [0.717, 1.165) is 48.6 Å². The van der Waals surface area contributed by atoms with Crippen LogP contribution in [-0.4, -0.2) is 81.1 Å². The number of benzene rings is 2. The van der Waals surface area contributed by atoms with Gasteiger partial charge in [0.25, 0.3) is 5.09 Å². The number of methoxy groups -OCH3 is 4. The third-order valence-corrected chi connectivity index (χ3v) is 6.76. The number of hydrogen-bond acceptors (Lipinski definition) is 8. The van der Waals surface area contributed by atoms with Gasteiger partial charge in [0.15, 0.2) is 23.0 Å². The zero-order valence-corrected chi connectivity index (χ0v) is 22.4. The highest BCUT2D eigenvalue weighted by Crippen LogP contribution is 2.42. The van der Waals surface area contributed by atoms with E-state index in [1.165, 1.54) is 11.1 Å². The summed E-state index contributed by atoms with van der Waals surface area (Å²) in [4.78, 5) is 25.4. The summed E-state index contributed by atoms with van der Waals surface area (Å²) in [7, 11) is 8.72. The van der Waals surface area contributed by atoms with Crippen molar-refractivity contribution in [1.82, 2.24) is 9.80 Å². The molecule has 0 aromatic heterocycles. The molecule has 1 aliphatic heterocycles. The van der Waals surface area contributed by atoms with Crippen molar-refractivity contribution < 1.29 is 34.0 Å². The van der Waals surface area contributed by atoms with E-state index in [2.05, 4.69) is 24.1 Å². The van der Waals surface area contributed by atoms with E-state index >= 15 is 0 Å². The molecule has 11 heteroatoms. The Balaban J connectivity index is 0.000000934. The molecule has 0 saturated carbocycles. The second kappa shape index (κ2) is 13.0. The smallest absolute Gasteiger partial charge is 0.291 e. The van der Waals surface area contributed by atoms with Gasteiger partial charge in [0.2, 0.25) is 5.91 Å². The Morgan fingerprint density at radius 1 is 1.00 bits per heavy atom. The Hall–Kier alpha value is -3.99. The summed E-state index contributed by atoms with van der Waals surface area (Å²) in [6.07, 6.45) is 6.18. The highest BCUT2D eigenvalue weighted by atomic mass is 16.9. The Kier molecular flexibility index (Phi) is 9.78. The van der Waals surface area contributed by atoms with Crippen LogP contribution in [0.5, 0.6) is 23.0 Å². The van der Waals surface area contributed by atoms with Crippen LogP contribution >= 0.6 is 0 Å². The fraction of sp³-hybridized carbons (Fsp3) is 0.444. The molecule has 11 nitrogen and oxygen atoms in total. The van der Waals surface area contributed by atoms with Crippen molar-refractivity contribution in [2.75, 3.05) is 55.1 Å². The van der Waals surface area contributed by atoms with E-state index in [0.29, 0.717) is 30.4 Å². The van der Waals surface area contributed by atoms with Crippen LogP contribution in [0, 0.1) is 10.1 Å². The Bertz CT molecular complexity index is 1180. The molecular formula is C27H35N3O8. The highest BCUT2D eigenvalue weighted by molar-refractivity contribution is 5.84. The number of amides is 1. The first-order valence-corrected chi connectivity index (χ1v) is 12.2. The minimum atomic E-state index is -1.50. The summed E-state index contributed by atoms with van der Waals surface area (Å²) in [6, 6.07) is 8.02. The van der Waals surface area contributed by atoms with Crippen LogP contribution < -0.4 is 18.9 Å². The third kappa shape index (κ3) is 6.86. The lowest BCUT2D eigenvalue weighted by Gasteiger charge is -2.34. The van der Waals surface area contributed by atoms with Crippen LogP contribution in [0.15, 0.2) is 30.5 Å². The van der Waals surface area contributed by atoms with Gasteiger partial charge in [-0.05, 0) is 79.0 Å². The average Bonchev–Trinajstić information content (AvgIpc) is 3.03. The van der Waals surface area contributed by atoms with Gasteiger partial charge in [0.1, 0.15) is 0 Å². The van der Waals surface area contributed by atoms with Gasteiger partial charge in [-0.3, -0.25) is 4.79 Å². The molecule has 1 atom stereocenters. The van der Waals surface area contributed by atoms with Crippen LogP contribution in [0.2, 0.25) is 0 Å². The molecule has 0 bridgehead atoms. The zero-order chi connectivity index (χ0) is 27.8. The van der Waals surface area contributed by atoms with Gasteiger partial charge >= 0.3 is 0 Å². The molecule has 2 aromatic rings. The lowest BCUT2D eigenvalue weighted by molar-refractivity contribution is -0.742. The van der Waals surface area contributed by atoms with Crippen molar-refractivity contribution in [3.8, 4) is 23.0 Å². The van der Waals surface area contributed by atoms with Gasteiger partial charge in [0, 0.05) is 25.2 Å². The maximum Gasteiger partial charge on any atom is 0.291 e. The van der Waals surface area contributed by atoms with Crippen molar-refractivity contribution in [3.63, 3.8) is 0 Å². The molecule has 2 aromatic carbocycles. The van der Waals surface area contributed by atoms with Gasteiger partial charge in [-0.25, -0.2) is 0 Å². The molecule has 1 heterocycles. The van der Waals surface area contributed by atoms with E-state index in [1.54, 1.807) is 28.4 Å². The second-order valence-corrected chi connectivity index (χ2v) is 9.15. The second-order valence-electron chi connectivity index (χ2n) is 9.15. The first kappa shape index (κ1) is 28.6. The lowest BCUT2D eigenvalue weighted by atomic mass is 9.77. The SMILES string of the molecule is COc1cc2c(cc1OC)CC(=O)N(CCCN(C)CC1Cc3cc(OC)c(OC)cc31)C=C2.O=[N+]([O-])O. The molecule has 2 aliphatic rings. The monoisotopic (exact) mass is 529 g/mol. The summed E-state index contributed by atoms with van der Waals surface area (Å²) < 4.78 is 21.7. The maximum atomic E-state index is 12.9. The molecule has 0 spiro atoms. The molecule has 1 N–H and O–H groups in total. The highest BCUT2D eigenvalue weighted by Gasteiger charge is 2.29. The average molecular weight is 530 g/mol. The van der Waals surface area contributed by atoms with Crippen LogP contribution in [0.1, 0.15) is 34.6 Å². The molecule has 0 saturated heterocycles. The normalized spacial score (nSPS) is 15.4. The van der Waals surface area contributed by atoms with E-state index in [1.807, 2.05) is 29.3 Å². The summed E-state index contributed by atoms with van der Waals surface area (Å²) in [6.45, 7) is 2.59. The van der Waals surface area contributed by atoms with E-state index in [-0.39, 0.29) is 5.91 Å². The van der Waals surface area contributed by atoms with E-state index in [4.69, 9.17) is 34.3 Å². The van der Waals surface area contributed by atoms with Crippen LogP contribution in [-0.2, 0) is 17.6 Å². The Morgan fingerprint density at radius 3 is 2.16 bits per heavy atom. The Morgan fingerprint density at radius 2 is 1.55 bits per heavy atom. The summed E-state index contributed by atoms with van der Waals surface area (Å²) >= 11 is 0. The van der Waals surface area contributed by atoms with Crippen molar-refractivity contribution in [1.29, 1.82) is 0 Å². The maximum absolute atomic E-state index is 12.9. The van der Waals surface area contributed by atoms with E-state index < -0.39 is 5.09 Å². The first-order chi connectivity index (χ1) is 18.2. The first-order valence-electron chi connectivity index (χ1n) is 12.2. The minimum Gasteiger partial charge on any atom is -0.493 e. The number of nitrogens with zero attached hydrogens (tertiary/aromatic N) is 3. The third-order valence-electron chi connectivity index (χ3n) is 6.76. The fourth-order valence-electron chi connectivity index (χ4n) is 4.84. The molecule has 0 fully saturated rings. The summed E-state index contributed by atoms with van der Waals surface area (Å²) in [5.41, 5.74) is 4.62. The summed E-state index contributed by atoms with van der Waals surface area (Å²) in [5.74, 6) is 3.49. The number of rotatable bonds is 10. The molecule has 1 aliphatic carbocycles. The number of carbonyl (C=O) groups is 1. The summed E-state index contributed by atoms with van der Waals surface area (Å²) in [5, 5.41) is 13.6. The molecule has 0 radical (unpaired) electrons. The number of likely N-dealkylation sites (N-methyl/N-ethyl adjacent to an activating group) is 1. The zero-order valence-electron chi connectivity index (χ0n) is 22.4. The number of hydrogen-bond donors (Lipinski definition) is 1. The van der Waals surface area contributed by atoms with Gasteiger partial charge in [-0.2, -0.15) is 0 Å².